The molecule has 0 saturated carbocycles. The van der Waals surface area contributed by atoms with Crippen molar-refractivity contribution in [1.82, 2.24) is 20.4 Å². The fourth-order valence-corrected chi connectivity index (χ4v) is 4.36. The summed E-state index contributed by atoms with van der Waals surface area (Å²) >= 11 is 0. The number of benzene rings is 2. The van der Waals surface area contributed by atoms with Gasteiger partial charge in [0, 0.05) is 45.6 Å². The second-order valence-corrected chi connectivity index (χ2v) is 8.47. The molecule has 0 radical (unpaired) electrons. The lowest BCUT2D eigenvalue weighted by Gasteiger charge is -2.25. The number of carbonyl (C=O) groups excluding carboxylic acids is 3. The van der Waals surface area contributed by atoms with E-state index in [-0.39, 0.29) is 23.9 Å². The van der Waals surface area contributed by atoms with E-state index >= 15 is 0 Å². The van der Waals surface area contributed by atoms with Crippen LogP contribution in [0.25, 0.3) is 0 Å². The monoisotopic (exact) mass is 434 g/mol. The zero-order valence-electron chi connectivity index (χ0n) is 18.3. The van der Waals surface area contributed by atoms with Gasteiger partial charge in [0.1, 0.15) is 0 Å². The van der Waals surface area contributed by atoms with Gasteiger partial charge in [-0.05, 0) is 29.5 Å². The highest BCUT2D eigenvalue weighted by molar-refractivity contribution is 5.79. The lowest BCUT2D eigenvalue weighted by Crippen LogP contribution is -2.42. The van der Waals surface area contributed by atoms with E-state index in [0.717, 1.165) is 42.6 Å². The van der Waals surface area contributed by atoms with Gasteiger partial charge in [-0.3, -0.25) is 9.59 Å². The van der Waals surface area contributed by atoms with E-state index in [4.69, 9.17) is 0 Å². The van der Waals surface area contributed by atoms with Crippen LogP contribution in [0.15, 0.2) is 54.6 Å². The summed E-state index contributed by atoms with van der Waals surface area (Å²) in [6.45, 7) is 3.01. The molecule has 7 heteroatoms. The summed E-state index contributed by atoms with van der Waals surface area (Å²) in [5.74, 6) is 0.345. The lowest BCUT2D eigenvalue weighted by molar-refractivity contribution is -0.128. The molecule has 2 aromatic carbocycles. The SMILES string of the molecule is O=C(NCc1cccc(CN2CCCC2=O)c1)NC(CN1CCCC1=O)c1ccccc1. The first kappa shape index (κ1) is 21.9. The van der Waals surface area contributed by atoms with Gasteiger partial charge >= 0.3 is 6.03 Å². The van der Waals surface area contributed by atoms with E-state index in [1.807, 2.05) is 64.4 Å². The van der Waals surface area contributed by atoms with Gasteiger partial charge in [0.25, 0.3) is 0 Å². The van der Waals surface area contributed by atoms with E-state index < -0.39 is 0 Å². The van der Waals surface area contributed by atoms with Crippen LogP contribution in [0.1, 0.15) is 48.4 Å². The van der Waals surface area contributed by atoms with Crippen molar-refractivity contribution in [2.45, 2.75) is 44.8 Å². The van der Waals surface area contributed by atoms with Crippen LogP contribution in [-0.4, -0.2) is 47.3 Å². The molecule has 2 N–H and O–H groups in total. The van der Waals surface area contributed by atoms with Crippen LogP contribution in [0.4, 0.5) is 4.79 Å². The minimum absolute atomic E-state index is 0.140. The van der Waals surface area contributed by atoms with Gasteiger partial charge in [0.2, 0.25) is 11.8 Å². The van der Waals surface area contributed by atoms with Crippen LogP contribution in [0, 0.1) is 0 Å². The highest BCUT2D eigenvalue weighted by atomic mass is 16.2. The molecule has 2 fully saturated rings. The smallest absolute Gasteiger partial charge is 0.315 e. The molecule has 32 heavy (non-hydrogen) atoms. The Bertz CT molecular complexity index is 963. The van der Waals surface area contributed by atoms with Crippen molar-refractivity contribution >= 4 is 17.8 Å². The maximum Gasteiger partial charge on any atom is 0.315 e. The molecule has 0 aromatic heterocycles. The highest BCUT2D eigenvalue weighted by Crippen LogP contribution is 2.19. The van der Waals surface area contributed by atoms with Gasteiger partial charge in [-0.15, -0.1) is 0 Å². The van der Waals surface area contributed by atoms with E-state index in [1.54, 1.807) is 0 Å². The zero-order valence-corrected chi connectivity index (χ0v) is 18.3. The van der Waals surface area contributed by atoms with Crippen molar-refractivity contribution in [3.8, 4) is 0 Å². The summed E-state index contributed by atoms with van der Waals surface area (Å²) in [6.07, 6.45) is 3.00. The van der Waals surface area contributed by atoms with E-state index in [1.165, 1.54) is 0 Å². The number of amides is 4. The second-order valence-electron chi connectivity index (χ2n) is 8.47. The molecule has 2 aliphatic heterocycles. The molecule has 2 saturated heterocycles. The van der Waals surface area contributed by atoms with Crippen molar-refractivity contribution in [3.63, 3.8) is 0 Å². The fraction of sp³-hybridized carbons (Fsp3) is 0.400. The quantitative estimate of drug-likeness (QED) is 0.670. The topological polar surface area (TPSA) is 81.8 Å². The Morgan fingerprint density at radius 1 is 0.875 bits per heavy atom. The van der Waals surface area contributed by atoms with Crippen LogP contribution in [0.3, 0.4) is 0 Å². The Labute approximate surface area is 188 Å². The molecule has 0 bridgehead atoms. The van der Waals surface area contributed by atoms with Crippen molar-refractivity contribution < 1.29 is 14.4 Å². The third-order valence-electron chi connectivity index (χ3n) is 6.07. The molecule has 0 aliphatic carbocycles. The van der Waals surface area contributed by atoms with Crippen LogP contribution in [0.2, 0.25) is 0 Å². The molecule has 4 amide bonds. The van der Waals surface area contributed by atoms with Gasteiger partial charge in [-0.2, -0.15) is 0 Å². The van der Waals surface area contributed by atoms with Gasteiger partial charge in [0.15, 0.2) is 0 Å². The lowest BCUT2D eigenvalue weighted by atomic mass is 10.1. The number of rotatable bonds is 8. The number of likely N-dealkylation sites (tertiary alicyclic amines) is 2. The van der Waals surface area contributed by atoms with Gasteiger partial charge in [-0.1, -0.05) is 54.6 Å². The number of hydrogen-bond donors (Lipinski definition) is 2. The second kappa shape index (κ2) is 10.3. The Hall–Kier alpha value is -3.35. The Morgan fingerprint density at radius 2 is 1.56 bits per heavy atom. The first-order valence-electron chi connectivity index (χ1n) is 11.3. The van der Waals surface area contributed by atoms with Crippen LogP contribution >= 0.6 is 0 Å². The molecule has 2 heterocycles. The van der Waals surface area contributed by atoms with E-state index in [2.05, 4.69) is 10.6 Å². The largest absolute Gasteiger partial charge is 0.340 e. The summed E-state index contributed by atoms with van der Waals surface area (Å²) in [5.41, 5.74) is 3.02. The average molecular weight is 435 g/mol. The molecule has 1 unspecified atom stereocenters. The first-order chi connectivity index (χ1) is 15.6. The normalized spacial score (nSPS) is 17.0. The Balaban J connectivity index is 1.34. The Morgan fingerprint density at radius 3 is 2.25 bits per heavy atom. The number of carbonyl (C=O) groups is 3. The van der Waals surface area contributed by atoms with Crippen molar-refractivity contribution in [3.05, 3.63) is 71.3 Å². The molecule has 1 atom stereocenters. The summed E-state index contributed by atoms with van der Waals surface area (Å²) in [7, 11) is 0. The average Bonchev–Trinajstić information content (AvgIpc) is 3.40. The molecule has 2 aliphatic rings. The van der Waals surface area contributed by atoms with Crippen LogP contribution in [0.5, 0.6) is 0 Å². The molecule has 2 aromatic rings. The first-order valence-corrected chi connectivity index (χ1v) is 11.3. The zero-order chi connectivity index (χ0) is 22.3. The molecule has 7 nitrogen and oxygen atoms in total. The molecule has 4 rings (SSSR count). The standard InChI is InChI=1S/C25H30N4O3/c30-23-11-5-13-28(23)17-20-8-4-7-19(15-20)16-26-25(32)27-22(21-9-2-1-3-10-21)18-29-14-6-12-24(29)31/h1-4,7-10,15,22H,5-6,11-14,16-18H2,(H2,26,27,32). The number of urea groups is 1. The number of nitrogens with zero attached hydrogens (tertiary/aromatic N) is 2. The van der Waals surface area contributed by atoms with E-state index in [0.29, 0.717) is 32.5 Å². The summed E-state index contributed by atoms with van der Waals surface area (Å²) < 4.78 is 0. The predicted molar refractivity (Wildman–Crippen MR) is 121 cm³/mol. The van der Waals surface area contributed by atoms with Gasteiger partial charge in [0.05, 0.1) is 6.04 Å². The maximum absolute atomic E-state index is 12.7. The summed E-state index contributed by atoms with van der Waals surface area (Å²) in [4.78, 5) is 40.3. The highest BCUT2D eigenvalue weighted by Gasteiger charge is 2.25. The minimum Gasteiger partial charge on any atom is -0.340 e. The number of hydrogen-bond acceptors (Lipinski definition) is 3. The molecular weight excluding hydrogens is 404 g/mol. The van der Waals surface area contributed by atoms with Crippen LogP contribution < -0.4 is 10.6 Å². The Kier molecular flexibility index (Phi) is 7.04. The number of nitrogens with one attached hydrogen (secondary N) is 2. The van der Waals surface area contributed by atoms with Crippen molar-refractivity contribution in [2.24, 2.45) is 0 Å². The van der Waals surface area contributed by atoms with Crippen molar-refractivity contribution in [2.75, 3.05) is 19.6 Å². The van der Waals surface area contributed by atoms with Crippen molar-refractivity contribution in [1.29, 1.82) is 0 Å². The third-order valence-corrected chi connectivity index (χ3v) is 6.07. The van der Waals surface area contributed by atoms with Gasteiger partial charge in [-0.25, -0.2) is 4.79 Å². The molecule has 168 valence electrons. The maximum atomic E-state index is 12.7. The third kappa shape index (κ3) is 5.66. The van der Waals surface area contributed by atoms with Gasteiger partial charge < -0.3 is 20.4 Å². The summed E-state index contributed by atoms with van der Waals surface area (Å²) in [5, 5.41) is 5.96. The molecule has 0 spiro atoms. The fourth-order valence-electron chi connectivity index (χ4n) is 4.36. The predicted octanol–water partition coefficient (Wildman–Crippen LogP) is 2.97. The molecular formula is C25H30N4O3. The summed E-state index contributed by atoms with van der Waals surface area (Å²) in [6, 6.07) is 17.2. The minimum atomic E-state index is -0.273. The van der Waals surface area contributed by atoms with Crippen LogP contribution in [-0.2, 0) is 22.7 Å². The van der Waals surface area contributed by atoms with E-state index in [9.17, 15) is 14.4 Å².